The van der Waals surface area contributed by atoms with Gasteiger partial charge in [0.1, 0.15) is 0 Å². The molecule has 0 aromatic carbocycles. The first kappa shape index (κ1) is 11.1. The van der Waals surface area contributed by atoms with E-state index in [2.05, 4.69) is 5.10 Å². The second-order valence-corrected chi connectivity index (χ2v) is 4.12. The van der Waals surface area contributed by atoms with Gasteiger partial charge in [0.15, 0.2) is 0 Å². The molecule has 0 spiro atoms. The smallest absolute Gasteiger partial charge is 0.243 e. The lowest BCUT2D eigenvalue weighted by Crippen LogP contribution is -2.39. The molecule has 1 heterocycles. The molecule has 1 rings (SSSR count). The number of carbonyl (C=O) groups excluding carboxylic acids is 1. The largest absolute Gasteiger partial charge is 0.393 e. The third kappa shape index (κ3) is 2.77. The molecule has 2 N–H and O–H groups in total. The molecule has 14 heavy (non-hydrogen) atoms. The van der Waals surface area contributed by atoms with E-state index in [-0.39, 0.29) is 11.9 Å². The zero-order valence-electron chi connectivity index (χ0n) is 8.49. The molecule has 0 aromatic heterocycles. The number of hydrogen-bond acceptors (Lipinski definition) is 3. The Labute approximate surface area is 89.1 Å². The molecule has 4 nitrogen and oxygen atoms in total. The maximum atomic E-state index is 11.5. The number of nitrogens with zero attached hydrogens (tertiary/aromatic N) is 2. The van der Waals surface area contributed by atoms with E-state index in [1.165, 1.54) is 5.01 Å². The van der Waals surface area contributed by atoms with Gasteiger partial charge in [-0.25, -0.2) is 5.01 Å². The zero-order chi connectivity index (χ0) is 10.7. The highest BCUT2D eigenvalue weighted by Crippen LogP contribution is 2.14. The molecule has 0 aromatic rings. The van der Waals surface area contributed by atoms with Gasteiger partial charge in [-0.3, -0.25) is 4.79 Å². The summed E-state index contributed by atoms with van der Waals surface area (Å²) in [6.07, 6.45) is 1.82. The second kappa shape index (κ2) is 4.50. The van der Waals surface area contributed by atoms with Crippen molar-refractivity contribution in [3.8, 4) is 0 Å². The van der Waals surface area contributed by atoms with Gasteiger partial charge in [0.2, 0.25) is 5.91 Å². The summed E-state index contributed by atoms with van der Waals surface area (Å²) in [4.78, 5) is 11.9. The number of rotatable bonds is 3. The summed E-state index contributed by atoms with van der Waals surface area (Å²) in [7, 11) is 0. The predicted molar refractivity (Wildman–Crippen MR) is 60.1 cm³/mol. The Hall–Kier alpha value is -0.970. The van der Waals surface area contributed by atoms with Gasteiger partial charge in [0.25, 0.3) is 0 Å². The van der Waals surface area contributed by atoms with E-state index in [1.54, 1.807) is 0 Å². The minimum Gasteiger partial charge on any atom is -0.393 e. The van der Waals surface area contributed by atoms with Crippen LogP contribution < -0.4 is 5.73 Å². The molecule has 1 atom stereocenters. The van der Waals surface area contributed by atoms with Crippen molar-refractivity contribution in [1.82, 2.24) is 5.01 Å². The number of carbonyl (C=O) groups is 1. The number of hydrogen-bond donors (Lipinski definition) is 1. The van der Waals surface area contributed by atoms with Crippen LogP contribution in [0.15, 0.2) is 5.10 Å². The van der Waals surface area contributed by atoms with Crippen LogP contribution in [0.1, 0.15) is 33.1 Å². The topological polar surface area (TPSA) is 58.7 Å². The van der Waals surface area contributed by atoms with Gasteiger partial charge in [-0.1, -0.05) is 12.2 Å². The lowest BCUT2D eigenvalue weighted by Gasteiger charge is -2.27. The highest BCUT2D eigenvalue weighted by atomic mass is 32.1. The van der Waals surface area contributed by atoms with Gasteiger partial charge in [0, 0.05) is 18.6 Å². The summed E-state index contributed by atoms with van der Waals surface area (Å²) in [5, 5.41) is 5.70. The van der Waals surface area contributed by atoms with E-state index >= 15 is 0 Å². The molecule has 78 valence electrons. The summed E-state index contributed by atoms with van der Waals surface area (Å²) in [5.41, 5.74) is 6.41. The van der Waals surface area contributed by atoms with Crippen molar-refractivity contribution in [2.45, 2.75) is 39.2 Å². The van der Waals surface area contributed by atoms with Crippen molar-refractivity contribution < 1.29 is 4.79 Å². The Kier molecular flexibility index (Phi) is 3.57. The van der Waals surface area contributed by atoms with Gasteiger partial charge in [-0.05, 0) is 20.3 Å². The standard InChI is InChI=1S/C9H15N3OS/c1-6-3-4-9(13)12(11-6)7(2)5-8(10)14/h7H,3-5H2,1-2H3,(H2,10,14). The number of nitrogens with two attached hydrogens (primary N) is 1. The van der Waals surface area contributed by atoms with E-state index in [0.29, 0.717) is 17.8 Å². The maximum Gasteiger partial charge on any atom is 0.243 e. The normalized spacial score (nSPS) is 19.1. The van der Waals surface area contributed by atoms with Gasteiger partial charge < -0.3 is 5.73 Å². The van der Waals surface area contributed by atoms with Crippen LogP contribution in [0.4, 0.5) is 0 Å². The van der Waals surface area contributed by atoms with Crippen LogP contribution in [0.3, 0.4) is 0 Å². The SMILES string of the molecule is CC1=NN(C(C)CC(N)=S)C(=O)CC1. The van der Waals surface area contributed by atoms with Crippen molar-refractivity contribution in [2.24, 2.45) is 10.8 Å². The van der Waals surface area contributed by atoms with Crippen LogP contribution in [0.2, 0.25) is 0 Å². The van der Waals surface area contributed by atoms with Crippen molar-refractivity contribution in [1.29, 1.82) is 0 Å². The molecular formula is C9H15N3OS. The van der Waals surface area contributed by atoms with Crippen LogP contribution in [0.5, 0.6) is 0 Å². The first-order valence-corrected chi connectivity index (χ1v) is 5.06. The molecule has 0 saturated heterocycles. The Bertz CT molecular complexity index is 288. The Morgan fingerprint density at radius 3 is 2.93 bits per heavy atom. The molecule has 1 unspecified atom stereocenters. The van der Waals surface area contributed by atoms with E-state index in [9.17, 15) is 4.79 Å². The monoisotopic (exact) mass is 213 g/mol. The Morgan fingerprint density at radius 2 is 2.36 bits per heavy atom. The maximum absolute atomic E-state index is 11.5. The van der Waals surface area contributed by atoms with Crippen molar-refractivity contribution in [2.75, 3.05) is 0 Å². The first-order chi connectivity index (χ1) is 6.50. The number of amides is 1. The highest BCUT2D eigenvalue weighted by molar-refractivity contribution is 7.80. The fourth-order valence-corrected chi connectivity index (χ4v) is 1.66. The van der Waals surface area contributed by atoms with Gasteiger partial charge in [-0.15, -0.1) is 0 Å². The third-order valence-corrected chi connectivity index (χ3v) is 2.32. The lowest BCUT2D eigenvalue weighted by atomic mass is 10.1. The van der Waals surface area contributed by atoms with Gasteiger partial charge in [0.05, 0.1) is 11.0 Å². The summed E-state index contributed by atoms with van der Waals surface area (Å²) < 4.78 is 0. The van der Waals surface area contributed by atoms with Crippen molar-refractivity contribution in [3.63, 3.8) is 0 Å². The molecule has 1 amide bonds. The van der Waals surface area contributed by atoms with Crippen LogP contribution in [0, 0.1) is 0 Å². The van der Waals surface area contributed by atoms with E-state index in [0.717, 1.165) is 12.1 Å². The molecule has 0 saturated carbocycles. The predicted octanol–water partition coefficient (Wildman–Crippen LogP) is 1.05. The quantitative estimate of drug-likeness (QED) is 0.713. The van der Waals surface area contributed by atoms with E-state index in [4.69, 9.17) is 18.0 Å². The fourth-order valence-electron chi connectivity index (χ4n) is 1.41. The van der Waals surface area contributed by atoms with Crippen molar-refractivity contribution in [3.05, 3.63) is 0 Å². The molecular weight excluding hydrogens is 198 g/mol. The van der Waals surface area contributed by atoms with E-state index < -0.39 is 0 Å². The third-order valence-electron chi connectivity index (χ3n) is 2.15. The summed E-state index contributed by atoms with van der Waals surface area (Å²) in [5.74, 6) is 0.0550. The van der Waals surface area contributed by atoms with Crippen molar-refractivity contribution >= 4 is 28.8 Å². The van der Waals surface area contributed by atoms with Crippen LogP contribution in [-0.2, 0) is 4.79 Å². The Balaban J connectivity index is 2.69. The highest BCUT2D eigenvalue weighted by Gasteiger charge is 2.23. The second-order valence-electron chi connectivity index (χ2n) is 3.59. The van der Waals surface area contributed by atoms with Gasteiger partial charge in [-0.2, -0.15) is 5.10 Å². The summed E-state index contributed by atoms with van der Waals surface area (Å²) in [6.45, 7) is 3.83. The summed E-state index contributed by atoms with van der Waals surface area (Å²) in [6, 6.07) is -0.0322. The lowest BCUT2D eigenvalue weighted by molar-refractivity contribution is -0.133. The minimum absolute atomic E-state index is 0.0322. The molecule has 0 bridgehead atoms. The average Bonchev–Trinajstić information content (AvgIpc) is 2.08. The molecule has 1 aliphatic rings. The first-order valence-electron chi connectivity index (χ1n) is 4.65. The van der Waals surface area contributed by atoms with E-state index in [1.807, 2.05) is 13.8 Å². The fraction of sp³-hybridized carbons (Fsp3) is 0.667. The Morgan fingerprint density at radius 1 is 1.71 bits per heavy atom. The molecule has 1 aliphatic heterocycles. The zero-order valence-corrected chi connectivity index (χ0v) is 9.30. The molecule has 0 radical (unpaired) electrons. The van der Waals surface area contributed by atoms with Crippen LogP contribution in [0.25, 0.3) is 0 Å². The molecule has 0 aliphatic carbocycles. The average molecular weight is 213 g/mol. The molecule has 5 heteroatoms. The van der Waals surface area contributed by atoms with Gasteiger partial charge >= 0.3 is 0 Å². The number of thiocarbonyl (C=S) groups is 1. The van der Waals surface area contributed by atoms with Crippen LogP contribution in [-0.4, -0.2) is 27.7 Å². The number of hydrazone groups is 1. The van der Waals surface area contributed by atoms with Crippen LogP contribution >= 0.6 is 12.2 Å². The summed E-state index contributed by atoms with van der Waals surface area (Å²) >= 11 is 4.80. The molecule has 0 fully saturated rings. The minimum atomic E-state index is -0.0322.